The summed E-state index contributed by atoms with van der Waals surface area (Å²) in [5.41, 5.74) is 1.56. The van der Waals surface area contributed by atoms with Crippen molar-refractivity contribution in [2.45, 2.75) is 13.3 Å². The lowest BCUT2D eigenvalue weighted by atomic mass is 10.1. The summed E-state index contributed by atoms with van der Waals surface area (Å²) in [4.78, 5) is 4.20. The second-order valence-electron chi connectivity index (χ2n) is 3.07. The van der Waals surface area contributed by atoms with Crippen molar-refractivity contribution in [3.63, 3.8) is 0 Å². The van der Waals surface area contributed by atoms with Gasteiger partial charge in [-0.3, -0.25) is 4.98 Å². The molecule has 72 valence electrons. The van der Waals surface area contributed by atoms with Gasteiger partial charge in [0.15, 0.2) is 0 Å². The highest BCUT2D eigenvalue weighted by Gasteiger charge is 2.08. The van der Waals surface area contributed by atoms with E-state index >= 15 is 0 Å². The molecule has 2 rings (SSSR count). The number of benzene rings is 1. The van der Waals surface area contributed by atoms with Crippen LogP contribution in [0.25, 0.3) is 10.9 Å². The molecular formula is C11H9BrFN. The van der Waals surface area contributed by atoms with Gasteiger partial charge in [0, 0.05) is 16.1 Å². The summed E-state index contributed by atoms with van der Waals surface area (Å²) in [6, 6.07) is 5.01. The Kier molecular flexibility index (Phi) is 2.50. The summed E-state index contributed by atoms with van der Waals surface area (Å²) in [5.74, 6) is -0.159. The molecule has 0 amide bonds. The molecule has 0 bridgehead atoms. The Morgan fingerprint density at radius 2 is 2.14 bits per heavy atom. The molecule has 2 aromatic rings. The maximum Gasteiger partial charge on any atom is 0.127 e. The van der Waals surface area contributed by atoms with Crippen LogP contribution in [0.3, 0.4) is 0 Å². The smallest absolute Gasteiger partial charge is 0.127 e. The Morgan fingerprint density at radius 3 is 2.86 bits per heavy atom. The molecule has 3 heteroatoms. The van der Waals surface area contributed by atoms with E-state index in [1.165, 1.54) is 6.07 Å². The fourth-order valence-electron chi connectivity index (χ4n) is 1.60. The highest BCUT2D eigenvalue weighted by atomic mass is 79.9. The molecule has 1 heterocycles. The number of rotatable bonds is 1. The van der Waals surface area contributed by atoms with Crippen molar-refractivity contribution < 1.29 is 4.39 Å². The first-order valence-electron chi connectivity index (χ1n) is 4.45. The normalized spacial score (nSPS) is 10.8. The number of hydrogen-bond acceptors (Lipinski definition) is 1. The van der Waals surface area contributed by atoms with Gasteiger partial charge in [-0.05, 0) is 30.2 Å². The molecular weight excluding hydrogens is 245 g/mol. The van der Waals surface area contributed by atoms with Gasteiger partial charge in [0.25, 0.3) is 0 Å². The molecule has 0 radical (unpaired) electrons. The minimum absolute atomic E-state index is 0.159. The van der Waals surface area contributed by atoms with Crippen LogP contribution in [0, 0.1) is 5.82 Å². The third-order valence-corrected chi connectivity index (χ3v) is 2.92. The van der Waals surface area contributed by atoms with Gasteiger partial charge in [0.1, 0.15) is 5.82 Å². The molecule has 0 atom stereocenters. The maximum absolute atomic E-state index is 13.5. The Balaban J connectivity index is 2.91. The van der Waals surface area contributed by atoms with Crippen molar-refractivity contribution >= 4 is 26.8 Å². The molecule has 1 nitrogen and oxygen atoms in total. The number of fused-ring (bicyclic) bond motifs is 1. The Morgan fingerprint density at radius 1 is 1.36 bits per heavy atom. The summed E-state index contributed by atoms with van der Waals surface area (Å²) in [6.45, 7) is 1.94. The quantitative estimate of drug-likeness (QED) is 0.756. The summed E-state index contributed by atoms with van der Waals surface area (Å²) in [6.07, 6.45) is 2.39. The number of halogens is 2. The average Bonchev–Trinajstić information content (AvgIpc) is 2.19. The summed E-state index contributed by atoms with van der Waals surface area (Å²) >= 11 is 3.42. The third-order valence-electron chi connectivity index (χ3n) is 2.26. The standard InChI is InChI=1S/C11H9BrFN/c1-2-7-9(13)3-4-10-11(7)8(12)5-6-14-10/h3-6H,2H2,1H3. The minimum Gasteiger partial charge on any atom is -0.256 e. The lowest BCUT2D eigenvalue weighted by Crippen LogP contribution is -1.92. The second kappa shape index (κ2) is 3.65. The molecule has 0 aliphatic carbocycles. The number of nitrogens with zero attached hydrogens (tertiary/aromatic N) is 1. The van der Waals surface area contributed by atoms with E-state index in [9.17, 15) is 4.39 Å². The molecule has 0 aliphatic heterocycles. The molecule has 1 aromatic heterocycles. The zero-order valence-corrected chi connectivity index (χ0v) is 9.31. The molecule has 0 aliphatic rings. The third kappa shape index (κ3) is 1.42. The van der Waals surface area contributed by atoms with E-state index in [1.54, 1.807) is 12.3 Å². The summed E-state index contributed by atoms with van der Waals surface area (Å²) < 4.78 is 14.4. The van der Waals surface area contributed by atoms with Gasteiger partial charge in [-0.2, -0.15) is 0 Å². The van der Waals surface area contributed by atoms with Crippen LogP contribution in [0.1, 0.15) is 12.5 Å². The largest absolute Gasteiger partial charge is 0.256 e. The van der Waals surface area contributed by atoms with Crippen molar-refractivity contribution in [1.29, 1.82) is 0 Å². The number of pyridine rings is 1. The molecule has 0 saturated heterocycles. The molecule has 0 spiro atoms. The van der Waals surface area contributed by atoms with E-state index in [4.69, 9.17) is 0 Å². The first kappa shape index (κ1) is 9.59. The number of aryl methyl sites for hydroxylation is 1. The van der Waals surface area contributed by atoms with Gasteiger partial charge in [0.05, 0.1) is 5.52 Å². The van der Waals surface area contributed by atoms with Crippen LogP contribution >= 0.6 is 15.9 Å². The van der Waals surface area contributed by atoms with Crippen LogP contribution in [0.15, 0.2) is 28.9 Å². The topological polar surface area (TPSA) is 12.9 Å². The fraction of sp³-hybridized carbons (Fsp3) is 0.182. The zero-order valence-electron chi connectivity index (χ0n) is 7.72. The molecule has 0 fully saturated rings. The predicted molar refractivity (Wildman–Crippen MR) is 58.8 cm³/mol. The Labute approximate surface area is 90.1 Å². The molecule has 1 aromatic carbocycles. The minimum atomic E-state index is -0.159. The van der Waals surface area contributed by atoms with Gasteiger partial charge in [-0.25, -0.2) is 4.39 Å². The van der Waals surface area contributed by atoms with E-state index in [0.717, 1.165) is 20.9 Å². The lowest BCUT2D eigenvalue weighted by Gasteiger charge is -2.06. The van der Waals surface area contributed by atoms with E-state index in [-0.39, 0.29) is 5.82 Å². The van der Waals surface area contributed by atoms with Crippen LogP contribution in [0.2, 0.25) is 0 Å². The van der Waals surface area contributed by atoms with Crippen LogP contribution in [0.4, 0.5) is 4.39 Å². The SMILES string of the molecule is CCc1c(F)ccc2nccc(Br)c12. The van der Waals surface area contributed by atoms with Crippen molar-refractivity contribution in [1.82, 2.24) is 4.98 Å². The maximum atomic E-state index is 13.5. The van der Waals surface area contributed by atoms with E-state index in [0.29, 0.717) is 6.42 Å². The summed E-state index contributed by atoms with van der Waals surface area (Å²) in [7, 11) is 0. The first-order chi connectivity index (χ1) is 6.74. The molecule has 0 unspecified atom stereocenters. The predicted octanol–water partition coefficient (Wildman–Crippen LogP) is 3.70. The monoisotopic (exact) mass is 253 g/mol. The Bertz CT molecular complexity index is 482. The lowest BCUT2D eigenvalue weighted by molar-refractivity contribution is 0.615. The van der Waals surface area contributed by atoms with Crippen molar-refractivity contribution in [3.05, 3.63) is 40.2 Å². The number of aromatic nitrogens is 1. The zero-order chi connectivity index (χ0) is 10.1. The van der Waals surface area contributed by atoms with Gasteiger partial charge >= 0.3 is 0 Å². The molecule has 0 N–H and O–H groups in total. The van der Waals surface area contributed by atoms with Crippen LogP contribution < -0.4 is 0 Å². The second-order valence-corrected chi connectivity index (χ2v) is 3.92. The van der Waals surface area contributed by atoms with Gasteiger partial charge in [-0.1, -0.05) is 22.9 Å². The van der Waals surface area contributed by atoms with Crippen molar-refractivity contribution in [3.8, 4) is 0 Å². The van der Waals surface area contributed by atoms with Gasteiger partial charge in [-0.15, -0.1) is 0 Å². The van der Waals surface area contributed by atoms with Gasteiger partial charge < -0.3 is 0 Å². The number of hydrogen-bond donors (Lipinski definition) is 0. The molecule has 0 saturated carbocycles. The van der Waals surface area contributed by atoms with Gasteiger partial charge in [0.2, 0.25) is 0 Å². The first-order valence-corrected chi connectivity index (χ1v) is 5.25. The van der Waals surface area contributed by atoms with Crippen LogP contribution in [-0.4, -0.2) is 4.98 Å². The van der Waals surface area contributed by atoms with E-state index < -0.39 is 0 Å². The van der Waals surface area contributed by atoms with Crippen LogP contribution in [0.5, 0.6) is 0 Å². The van der Waals surface area contributed by atoms with Crippen molar-refractivity contribution in [2.24, 2.45) is 0 Å². The Hall–Kier alpha value is -0.960. The average molecular weight is 254 g/mol. The van der Waals surface area contributed by atoms with E-state index in [2.05, 4.69) is 20.9 Å². The van der Waals surface area contributed by atoms with Crippen LogP contribution in [-0.2, 0) is 6.42 Å². The fourth-order valence-corrected chi connectivity index (χ4v) is 2.16. The van der Waals surface area contributed by atoms with Crippen molar-refractivity contribution in [2.75, 3.05) is 0 Å². The highest BCUT2D eigenvalue weighted by molar-refractivity contribution is 9.10. The summed E-state index contributed by atoms with van der Waals surface area (Å²) in [5, 5.41) is 0.884. The van der Waals surface area contributed by atoms with E-state index in [1.807, 2.05) is 13.0 Å². The highest BCUT2D eigenvalue weighted by Crippen LogP contribution is 2.27. The molecule has 14 heavy (non-hydrogen) atoms.